The number of carbonyl (C=O) groups excluding carboxylic acids is 2. The first-order chi connectivity index (χ1) is 18.0. The molecule has 3 aromatic rings. The largest absolute Gasteiger partial charge is 0.481 e. The van der Waals surface area contributed by atoms with Crippen LogP contribution in [0, 0.1) is 5.92 Å². The molecule has 3 aliphatic heterocycles. The van der Waals surface area contributed by atoms with Gasteiger partial charge in [0.15, 0.2) is 18.2 Å². The maximum atomic E-state index is 12.8. The van der Waals surface area contributed by atoms with Crippen LogP contribution in [-0.4, -0.2) is 77.4 Å². The monoisotopic (exact) mass is 506 g/mol. The van der Waals surface area contributed by atoms with Gasteiger partial charge in [-0.25, -0.2) is 9.78 Å². The van der Waals surface area contributed by atoms with Crippen LogP contribution in [-0.2, 0) is 16.1 Å². The maximum absolute atomic E-state index is 12.8. The molecule has 6 heterocycles. The fraction of sp³-hybridized carbons (Fsp3) is 0.400. The maximum Gasteiger partial charge on any atom is 0.415 e. The van der Waals surface area contributed by atoms with E-state index in [1.165, 1.54) is 4.90 Å². The van der Waals surface area contributed by atoms with Crippen LogP contribution < -0.4 is 25.2 Å². The summed E-state index contributed by atoms with van der Waals surface area (Å²) in [6.45, 7) is 3.07. The molecule has 0 bridgehead atoms. The van der Waals surface area contributed by atoms with Gasteiger partial charge in [0.05, 0.1) is 7.11 Å². The molecule has 6 rings (SSSR count). The van der Waals surface area contributed by atoms with E-state index in [1.54, 1.807) is 42.0 Å². The number of rotatable bonds is 6. The molecule has 0 aromatic carbocycles. The van der Waals surface area contributed by atoms with Crippen molar-refractivity contribution in [1.29, 1.82) is 0 Å². The van der Waals surface area contributed by atoms with Gasteiger partial charge >= 0.3 is 6.09 Å². The number of methoxy groups -OCH3 is 1. The number of hydrogen-bond donors (Lipinski definition) is 1. The highest BCUT2D eigenvalue weighted by atomic mass is 16.6. The molecule has 2 saturated heterocycles. The molecule has 12 heteroatoms. The Morgan fingerprint density at radius 3 is 2.76 bits per heavy atom. The minimum absolute atomic E-state index is 0.0563. The van der Waals surface area contributed by atoms with E-state index in [9.17, 15) is 14.4 Å². The van der Waals surface area contributed by atoms with Crippen LogP contribution in [0.1, 0.15) is 6.42 Å². The Bertz CT molecular complexity index is 1440. The fourth-order valence-electron chi connectivity index (χ4n) is 5.14. The molecular weight excluding hydrogens is 480 g/mol. The van der Waals surface area contributed by atoms with E-state index in [1.807, 2.05) is 6.07 Å². The number of pyridine rings is 3. The first-order valence-corrected chi connectivity index (χ1v) is 12.2. The van der Waals surface area contributed by atoms with Gasteiger partial charge in [-0.1, -0.05) is 0 Å². The molecule has 0 saturated carbocycles. The third kappa shape index (κ3) is 4.44. The zero-order valence-corrected chi connectivity index (χ0v) is 20.3. The minimum Gasteiger partial charge on any atom is -0.481 e. The zero-order valence-electron chi connectivity index (χ0n) is 20.3. The molecule has 3 aromatic heterocycles. The number of nitrogens with zero attached hydrogens (tertiary/aromatic N) is 5. The topological polar surface area (TPSA) is 128 Å². The van der Waals surface area contributed by atoms with Crippen LogP contribution in [0.4, 0.5) is 16.4 Å². The lowest BCUT2D eigenvalue weighted by Crippen LogP contribution is -2.48. The highest BCUT2D eigenvalue weighted by Crippen LogP contribution is 2.32. The van der Waals surface area contributed by atoms with E-state index in [-0.39, 0.29) is 30.1 Å². The van der Waals surface area contributed by atoms with Gasteiger partial charge in [0.25, 0.3) is 11.5 Å². The average molecular weight is 507 g/mol. The molecular formula is C25H26N6O6. The van der Waals surface area contributed by atoms with Crippen molar-refractivity contribution in [1.82, 2.24) is 19.4 Å². The number of likely N-dealkylation sites (tertiary alicyclic amines) is 1. The summed E-state index contributed by atoms with van der Waals surface area (Å²) in [6, 6.07) is 10.4. The second-order valence-electron chi connectivity index (χ2n) is 9.35. The minimum atomic E-state index is -0.457. The summed E-state index contributed by atoms with van der Waals surface area (Å²) in [5, 5.41) is 3.54. The first kappa shape index (κ1) is 23.2. The summed E-state index contributed by atoms with van der Waals surface area (Å²) in [6.07, 6.45) is 0.0812. The van der Waals surface area contributed by atoms with Crippen molar-refractivity contribution in [2.75, 3.05) is 50.1 Å². The predicted octanol–water partition coefficient (Wildman–Crippen LogP) is 1.48. The van der Waals surface area contributed by atoms with Crippen molar-refractivity contribution in [3.63, 3.8) is 0 Å². The smallest absolute Gasteiger partial charge is 0.415 e. The van der Waals surface area contributed by atoms with Crippen LogP contribution in [0.3, 0.4) is 0 Å². The number of aromatic nitrogens is 3. The van der Waals surface area contributed by atoms with E-state index in [0.717, 1.165) is 24.9 Å². The number of aryl methyl sites for hydroxylation is 1. The number of hydrogen-bond acceptors (Lipinski definition) is 9. The number of carbonyl (C=O) groups is 2. The Balaban J connectivity index is 1.10. The van der Waals surface area contributed by atoms with Crippen LogP contribution in [0.25, 0.3) is 11.0 Å². The summed E-state index contributed by atoms with van der Waals surface area (Å²) >= 11 is 0. The van der Waals surface area contributed by atoms with Crippen molar-refractivity contribution in [3.05, 3.63) is 46.8 Å². The quantitative estimate of drug-likeness (QED) is 0.529. The van der Waals surface area contributed by atoms with Crippen LogP contribution in [0.5, 0.6) is 11.6 Å². The van der Waals surface area contributed by atoms with Crippen LogP contribution >= 0.6 is 0 Å². The Morgan fingerprint density at radius 1 is 1.03 bits per heavy atom. The molecule has 0 aliphatic carbocycles. The van der Waals surface area contributed by atoms with Gasteiger partial charge in [0.2, 0.25) is 5.88 Å². The Labute approximate surface area is 211 Å². The van der Waals surface area contributed by atoms with Crippen molar-refractivity contribution in [3.8, 4) is 11.6 Å². The summed E-state index contributed by atoms with van der Waals surface area (Å²) in [5.41, 5.74) is 0.498. The molecule has 3 aliphatic rings. The second kappa shape index (κ2) is 9.36. The van der Waals surface area contributed by atoms with E-state index in [0.29, 0.717) is 48.5 Å². The lowest BCUT2D eigenvalue weighted by molar-refractivity contribution is -0.118. The number of nitrogens with one attached hydrogen (secondary N) is 1. The van der Waals surface area contributed by atoms with Gasteiger partial charge in [0, 0.05) is 56.2 Å². The average Bonchev–Trinajstić information content (AvgIpc) is 3.30. The van der Waals surface area contributed by atoms with Gasteiger partial charge in [-0.15, -0.1) is 0 Å². The zero-order chi connectivity index (χ0) is 25.5. The number of ether oxygens (including phenoxy) is 3. The van der Waals surface area contributed by atoms with E-state index >= 15 is 0 Å². The first-order valence-electron chi connectivity index (χ1n) is 12.2. The molecule has 192 valence electrons. The molecule has 0 radical (unpaired) electrons. The second-order valence-corrected chi connectivity index (χ2v) is 9.35. The van der Waals surface area contributed by atoms with Gasteiger partial charge in [-0.3, -0.25) is 24.0 Å². The Hall–Kier alpha value is -4.19. The number of fused-ring (bicyclic) bond motifs is 3. The Morgan fingerprint density at radius 2 is 1.89 bits per heavy atom. The highest BCUT2D eigenvalue weighted by Gasteiger charge is 2.42. The fourth-order valence-corrected chi connectivity index (χ4v) is 5.14. The standard InChI is InChI=1S/C25H26N6O6/c1-35-21-7-3-15-4-8-22(33)30(24(15)28-21)10-2-9-29-11-16-12-31(25(34)37-18(16)13-29)19-6-5-17-23(26-19)27-20(32)14-36-17/h3-8,16,18H,2,9-14H2,1H3,(H,26,27,32)/t16-,18-/m0/s1. The third-order valence-electron chi connectivity index (χ3n) is 6.96. The number of anilines is 2. The SMILES string of the molecule is COc1ccc2ccc(=O)n(CCCN3C[C@H]4CN(c5ccc6c(n5)NC(=O)CO6)C(=O)O[C@H]4C3)c2n1. The molecule has 37 heavy (non-hydrogen) atoms. The van der Waals surface area contributed by atoms with Crippen LogP contribution in [0.15, 0.2) is 41.2 Å². The molecule has 2 amide bonds. The molecule has 2 atom stereocenters. The molecule has 2 fully saturated rings. The van der Waals surface area contributed by atoms with Crippen molar-refractivity contribution < 1.29 is 23.8 Å². The van der Waals surface area contributed by atoms with E-state index in [2.05, 4.69) is 20.2 Å². The van der Waals surface area contributed by atoms with Crippen LogP contribution in [0.2, 0.25) is 0 Å². The number of amides is 2. The molecule has 12 nitrogen and oxygen atoms in total. The van der Waals surface area contributed by atoms with Crippen molar-refractivity contribution in [2.45, 2.75) is 19.1 Å². The third-order valence-corrected chi connectivity index (χ3v) is 6.96. The summed E-state index contributed by atoms with van der Waals surface area (Å²) in [7, 11) is 1.55. The van der Waals surface area contributed by atoms with E-state index in [4.69, 9.17) is 14.2 Å². The van der Waals surface area contributed by atoms with Gasteiger partial charge in [-0.2, -0.15) is 4.98 Å². The lowest BCUT2D eigenvalue weighted by Gasteiger charge is -2.33. The van der Waals surface area contributed by atoms with Gasteiger partial charge in [-0.05, 0) is 30.7 Å². The summed E-state index contributed by atoms with van der Waals surface area (Å²) < 4.78 is 18.0. The molecule has 1 N–H and O–H groups in total. The molecule has 0 unspecified atom stereocenters. The van der Waals surface area contributed by atoms with Gasteiger partial charge in [0.1, 0.15) is 17.6 Å². The van der Waals surface area contributed by atoms with E-state index < -0.39 is 6.09 Å². The highest BCUT2D eigenvalue weighted by molar-refractivity contribution is 5.95. The summed E-state index contributed by atoms with van der Waals surface area (Å²) in [5.74, 6) is 1.47. The van der Waals surface area contributed by atoms with Crippen molar-refractivity contribution >= 4 is 34.7 Å². The Kier molecular flexibility index (Phi) is 5.87. The predicted molar refractivity (Wildman–Crippen MR) is 133 cm³/mol. The lowest BCUT2D eigenvalue weighted by atomic mass is 10.0. The van der Waals surface area contributed by atoms with Gasteiger partial charge < -0.3 is 19.5 Å². The summed E-state index contributed by atoms with van der Waals surface area (Å²) in [4.78, 5) is 49.6. The van der Waals surface area contributed by atoms with Crippen molar-refractivity contribution in [2.24, 2.45) is 5.92 Å². The normalized spacial score (nSPS) is 21.2. The molecule has 0 spiro atoms.